The molecule has 2 atom stereocenters. The van der Waals surface area contributed by atoms with E-state index >= 15 is 0 Å². The van der Waals surface area contributed by atoms with Crippen LogP contribution in [0.1, 0.15) is 78.6 Å². The van der Waals surface area contributed by atoms with Gasteiger partial charge in [-0.1, -0.05) is 55.3 Å². The molecule has 0 radical (unpaired) electrons. The summed E-state index contributed by atoms with van der Waals surface area (Å²) in [5.41, 5.74) is 3.39. The summed E-state index contributed by atoms with van der Waals surface area (Å²) in [6.07, 6.45) is 5.97. The number of ether oxygens (including phenoxy) is 2. The van der Waals surface area contributed by atoms with Crippen molar-refractivity contribution in [1.29, 1.82) is 0 Å². The fourth-order valence-corrected chi connectivity index (χ4v) is 4.72. The molecule has 0 bridgehead atoms. The lowest BCUT2D eigenvalue weighted by Gasteiger charge is -2.18. The van der Waals surface area contributed by atoms with Crippen LogP contribution in [0.3, 0.4) is 0 Å². The van der Waals surface area contributed by atoms with Crippen LogP contribution in [0.2, 0.25) is 0 Å². The molecule has 3 aromatic carbocycles. The highest BCUT2D eigenvalue weighted by Gasteiger charge is 2.15. The molecule has 0 saturated heterocycles. The molecule has 0 heterocycles. The van der Waals surface area contributed by atoms with Gasteiger partial charge < -0.3 is 40.3 Å². The van der Waals surface area contributed by atoms with Crippen molar-refractivity contribution in [2.24, 2.45) is 0 Å². The van der Waals surface area contributed by atoms with Crippen LogP contribution in [-0.4, -0.2) is 58.4 Å². The normalized spacial score (nSPS) is 12.8. The van der Waals surface area contributed by atoms with Gasteiger partial charge in [-0.2, -0.15) is 0 Å². The predicted molar refractivity (Wildman–Crippen MR) is 163 cm³/mol. The number of phenols is 1. The molecular formula is C34H47NO7. The number of hydrogen-bond donors (Lipinski definition) is 6. The van der Waals surface area contributed by atoms with Crippen LogP contribution in [0.15, 0.2) is 66.7 Å². The van der Waals surface area contributed by atoms with Gasteiger partial charge in [0.2, 0.25) is 0 Å². The number of nitrogens with one attached hydrogen (secondary N) is 1. The highest BCUT2D eigenvalue weighted by molar-refractivity contribution is 5.39. The molecule has 0 amide bonds. The van der Waals surface area contributed by atoms with E-state index in [0.29, 0.717) is 34.5 Å². The Hall–Kier alpha value is -2.98. The molecule has 0 fully saturated rings. The molecule has 0 saturated carbocycles. The van der Waals surface area contributed by atoms with Crippen LogP contribution in [0.25, 0.3) is 0 Å². The van der Waals surface area contributed by atoms with E-state index in [2.05, 4.69) is 29.6 Å². The second-order valence-corrected chi connectivity index (χ2v) is 10.6. The largest absolute Gasteiger partial charge is 0.508 e. The monoisotopic (exact) mass is 581 g/mol. The third-order valence-electron chi connectivity index (χ3n) is 7.27. The highest BCUT2D eigenvalue weighted by atomic mass is 16.5. The van der Waals surface area contributed by atoms with Crippen molar-refractivity contribution < 1.29 is 35.0 Å². The van der Waals surface area contributed by atoms with Gasteiger partial charge in [-0.15, -0.1) is 0 Å². The fourth-order valence-electron chi connectivity index (χ4n) is 4.72. The van der Waals surface area contributed by atoms with Crippen LogP contribution in [0.5, 0.6) is 11.5 Å². The quantitative estimate of drug-likeness (QED) is 0.0998. The Bertz CT molecular complexity index is 1160. The standard InChI is InChI=1S/C34H47NO7/c36-23-29-20-28(13-15-31(29)38)33(40)25-42-34-16-14-27(21-30(34)24-37)32(39)22-35-17-7-1-2-8-18-41-19-9-6-12-26-10-4-3-5-11-26/h3-5,10-11,13-16,20-21,32-33,35-40H,1-2,6-9,12,17-19,22-25H2/t32-,33+/m0/s1. The molecule has 0 aromatic heterocycles. The lowest BCUT2D eigenvalue weighted by molar-refractivity contribution is 0.106. The number of aromatic hydroxyl groups is 1. The maximum atomic E-state index is 10.6. The minimum absolute atomic E-state index is 0.0395. The van der Waals surface area contributed by atoms with E-state index in [1.807, 2.05) is 6.07 Å². The average molecular weight is 582 g/mol. The molecule has 8 nitrogen and oxygen atoms in total. The maximum Gasteiger partial charge on any atom is 0.124 e. The molecule has 0 aliphatic carbocycles. The molecule has 6 N–H and O–H groups in total. The van der Waals surface area contributed by atoms with Crippen LogP contribution < -0.4 is 10.1 Å². The van der Waals surface area contributed by atoms with Gasteiger partial charge in [-0.05, 0) is 79.6 Å². The van der Waals surface area contributed by atoms with Crippen molar-refractivity contribution in [2.45, 2.75) is 70.4 Å². The van der Waals surface area contributed by atoms with E-state index in [9.17, 15) is 25.5 Å². The zero-order chi connectivity index (χ0) is 30.0. The number of unbranched alkanes of at least 4 members (excludes halogenated alkanes) is 4. The van der Waals surface area contributed by atoms with Crippen molar-refractivity contribution in [1.82, 2.24) is 5.32 Å². The number of aliphatic hydroxyl groups is 4. The topological polar surface area (TPSA) is 132 Å². The van der Waals surface area contributed by atoms with Crippen LogP contribution in [0, 0.1) is 0 Å². The molecule has 0 spiro atoms. The predicted octanol–water partition coefficient (Wildman–Crippen LogP) is 4.71. The van der Waals surface area contributed by atoms with E-state index in [1.54, 1.807) is 24.3 Å². The maximum absolute atomic E-state index is 10.6. The summed E-state index contributed by atoms with van der Waals surface area (Å²) in [7, 11) is 0. The van der Waals surface area contributed by atoms with Gasteiger partial charge in [0, 0.05) is 30.9 Å². The number of aryl methyl sites for hydroxylation is 1. The third kappa shape index (κ3) is 11.7. The van der Waals surface area contributed by atoms with Crippen LogP contribution in [0.4, 0.5) is 0 Å². The van der Waals surface area contributed by atoms with E-state index in [1.165, 1.54) is 17.7 Å². The van der Waals surface area contributed by atoms with Crippen molar-refractivity contribution in [2.75, 3.05) is 32.9 Å². The molecular weight excluding hydrogens is 534 g/mol. The highest BCUT2D eigenvalue weighted by Crippen LogP contribution is 2.27. The molecule has 0 unspecified atom stereocenters. The van der Waals surface area contributed by atoms with Gasteiger partial charge in [-0.3, -0.25) is 0 Å². The second-order valence-electron chi connectivity index (χ2n) is 10.6. The van der Waals surface area contributed by atoms with Gasteiger partial charge in [-0.25, -0.2) is 0 Å². The summed E-state index contributed by atoms with van der Waals surface area (Å²) in [4.78, 5) is 0. The minimum Gasteiger partial charge on any atom is -0.508 e. The Kier molecular flexibility index (Phi) is 15.4. The molecule has 0 aliphatic rings. The second kappa shape index (κ2) is 19.3. The minimum atomic E-state index is -0.986. The first kappa shape index (κ1) is 33.5. The van der Waals surface area contributed by atoms with Crippen LogP contribution >= 0.6 is 0 Å². The van der Waals surface area contributed by atoms with E-state index in [4.69, 9.17) is 9.47 Å². The van der Waals surface area contributed by atoms with Crippen molar-refractivity contribution in [3.8, 4) is 11.5 Å². The first-order valence-corrected chi connectivity index (χ1v) is 15.0. The summed E-state index contributed by atoms with van der Waals surface area (Å²) in [6, 6.07) is 20.2. The van der Waals surface area contributed by atoms with Crippen molar-refractivity contribution in [3.63, 3.8) is 0 Å². The van der Waals surface area contributed by atoms with Crippen molar-refractivity contribution >= 4 is 0 Å². The van der Waals surface area contributed by atoms with Crippen molar-refractivity contribution in [3.05, 3.63) is 94.5 Å². The Morgan fingerprint density at radius 1 is 0.690 bits per heavy atom. The van der Waals surface area contributed by atoms with Gasteiger partial charge in [0.1, 0.15) is 24.2 Å². The van der Waals surface area contributed by atoms with E-state index in [0.717, 1.165) is 64.7 Å². The first-order chi connectivity index (χ1) is 20.5. The summed E-state index contributed by atoms with van der Waals surface area (Å²) in [5.74, 6) is 0.375. The lowest BCUT2D eigenvalue weighted by atomic mass is 10.0. The molecule has 42 heavy (non-hydrogen) atoms. The van der Waals surface area contributed by atoms with Gasteiger partial charge in [0.05, 0.1) is 19.3 Å². The first-order valence-electron chi connectivity index (χ1n) is 15.0. The lowest BCUT2D eigenvalue weighted by Crippen LogP contribution is -2.22. The Balaban J connectivity index is 1.25. The van der Waals surface area contributed by atoms with E-state index < -0.39 is 12.2 Å². The Morgan fingerprint density at radius 3 is 2.12 bits per heavy atom. The Morgan fingerprint density at radius 2 is 1.36 bits per heavy atom. The average Bonchev–Trinajstić information content (AvgIpc) is 3.02. The molecule has 3 rings (SSSR count). The number of aliphatic hydroxyl groups excluding tert-OH is 4. The fraction of sp³-hybridized carbons (Fsp3) is 0.471. The zero-order valence-electron chi connectivity index (χ0n) is 24.5. The molecule has 0 aliphatic heterocycles. The van der Waals surface area contributed by atoms with Gasteiger partial charge >= 0.3 is 0 Å². The number of hydrogen-bond acceptors (Lipinski definition) is 8. The summed E-state index contributed by atoms with van der Waals surface area (Å²) in [5, 5.41) is 53.2. The zero-order valence-corrected chi connectivity index (χ0v) is 24.5. The molecule has 3 aromatic rings. The van der Waals surface area contributed by atoms with Crippen LogP contribution in [-0.2, 0) is 24.4 Å². The summed E-state index contributed by atoms with van der Waals surface area (Å²) >= 11 is 0. The third-order valence-corrected chi connectivity index (χ3v) is 7.27. The van der Waals surface area contributed by atoms with Gasteiger partial charge in [0.15, 0.2) is 0 Å². The molecule has 8 heteroatoms. The number of rotatable bonds is 21. The van der Waals surface area contributed by atoms with E-state index in [-0.39, 0.29) is 25.6 Å². The number of benzene rings is 3. The summed E-state index contributed by atoms with van der Waals surface area (Å²) < 4.78 is 11.5. The molecule has 230 valence electrons. The Labute approximate surface area is 249 Å². The SMILES string of the molecule is OCc1cc([C@H](O)COc2ccc([C@@H](O)CNCCCCCCOCCCCc3ccccc3)cc2CO)ccc1O. The smallest absolute Gasteiger partial charge is 0.124 e. The summed E-state index contributed by atoms with van der Waals surface area (Å²) in [6.45, 7) is 2.17. The van der Waals surface area contributed by atoms with Gasteiger partial charge in [0.25, 0.3) is 0 Å².